The topological polar surface area (TPSA) is 158 Å². The third-order valence-electron chi connectivity index (χ3n) is 5.52. The molecular weight excluding hydrogens is 570 g/mol. The smallest absolute Gasteiger partial charge is 0.284 e. The van der Waals surface area contributed by atoms with Crippen LogP contribution in [0.5, 0.6) is 5.75 Å². The monoisotopic (exact) mass is 596 g/mol. The van der Waals surface area contributed by atoms with Crippen LogP contribution in [-0.4, -0.2) is 39.4 Å². The van der Waals surface area contributed by atoms with Crippen LogP contribution in [0.25, 0.3) is 0 Å². The number of rotatable bonds is 10. The number of carbonyl (C=O) groups is 2. The van der Waals surface area contributed by atoms with E-state index in [4.69, 9.17) is 21.1 Å². The Kier molecular flexibility index (Phi) is 10.1. The lowest BCUT2D eigenvalue weighted by Gasteiger charge is -2.16. The van der Waals surface area contributed by atoms with E-state index in [2.05, 4.69) is 9.71 Å². The zero-order valence-corrected chi connectivity index (χ0v) is 24.3. The van der Waals surface area contributed by atoms with Gasteiger partial charge in [-0.3, -0.25) is 9.59 Å². The first-order chi connectivity index (χ1) is 19.3. The van der Waals surface area contributed by atoms with Crippen molar-refractivity contribution in [2.45, 2.75) is 32.6 Å². The fourth-order valence-corrected chi connectivity index (χ4v) is 4.71. The van der Waals surface area contributed by atoms with Gasteiger partial charge in [-0.2, -0.15) is 13.7 Å². The van der Waals surface area contributed by atoms with Crippen LogP contribution in [0.15, 0.2) is 63.9 Å². The molecule has 0 radical (unpaired) electrons. The second-order valence-corrected chi connectivity index (χ2v) is 11.6. The average molecular weight is 597 g/mol. The van der Waals surface area contributed by atoms with Gasteiger partial charge in [-0.05, 0) is 92.1 Å². The van der Waals surface area contributed by atoms with Crippen molar-refractivity contribution in [1.82, 2.24) is 0 Å². The Balaban J connectivity index is 1.73. The van der Waals surface area contributed by atoms with Gasteiger partial charge < -0.3 is 19.9 Å². The van der Waals surface area contributed by atoms with Crippen LogP contribution < -0.4 is 15.2 Å². The molecule has 214 valence electrons. The maximum atomic E-state index is 13.2. The van der Waals surface area contributed by atoms with Crippen LogP contribution in [0.3, 0.4) is 0 Å². The van der Waals surface area contributed by atoms with Crippen molar-refractivity contribution < 1.29 is 32.6 Å². The molecular formula is C29H27ClN3O7S-. The van der Waals surface area contributed by atoms with Crippen molar-refractivity contribution in [2.75, 3.05) is 18.5 Å². The summed E-state index contributed by atoms with van der Waals surface area (Å²) in [6.45, 7) is 6.49. The fourth-order valence-electron chi connectivity index (χ4n) is 3.62. The zero-order chi connectivity index (χ0) is 30.3. The third-order valence-corrected chi connectivity index (χ3v) is 6.99. The Hall–Kier alpha value is -4.40. The number of benzene rings is 3. The average Bonchev–Trinajstić information content (AvgIpc) is 2.91. The number of nitrogens with zero attached hydrogens (tertiary/aromatic N) is 2. The molecule has 0 aliphatic rings. The number of carbonyl (C=O) groups excluding carboxylic acids is 2. The summed E-state index contributed by atoms with van der Waals surface area (Å²) < 4.78 is 38.5. The molecule has 10 nitrogen and oxygen atoms in total. The summed E-state index contributed by atoms with van der Waals surface area (Å²) in [5.74, 6) is -0.891. The highest BCUT2D eigenvalue weighted by Gasteiger charge is 2.19. The minimum atomic E-state index is -4.32. The van der Waals surface area contributed by atoms with E-state index in [0.29, 0.717) is 16.8 Å². The number of hydrogen-bond acceptors (Lipinski definition) is 8. The van der Waals surface area contributed by atoms with Gasteiger partial charge in [-0.25, -0.2) is 0 Å². The molecule has 0 fully saturated rings. The Morgan fingerprint density at radius 3 is 2.49 bits per heavy atom. The molecule has 3 aromatic rings. The van der Waals surface area contributed by atoms with E-state index in [1.807, 2.05) is 6.07 Å². The number of ether oxygens (including phenoxy) is 2. The van der Waals surface area contributed by atoms with E-state index in [-0.39, 0.29) is 39.3 Å². The highest BCUT2D eigenvalue weighted by molar-refractivity contribution is 7.90. The van der Waals surface area contributed by atoms with Crippen LogP contribution in [0.2, 0.25) is 5.02 Å². The van der Waals surface area contributed by atoms with Gasteiger partial charge in [0.25, 0.3) is 15.9 Å². The molecule has 0 aliphatic heterocycles. The van der Waals surface area contributed by atoms with Gasteiger partial charge in [0, 0.05) is 16.3 Å². The molecule has 0 spiro atoms. The lowest BCUT2D eigenvalue weighted by molar-refractivity contribution is -0.250. The first-order valence-electron chi connectivity index (χ1n) is 12.3. The van der Waals surface area contributed by atoms with Crippen molar-refractivity contribution in [1.29, 1.82) is 5.26 Å². The number of amides is 1. The Labute approximate surface area is 243 Å². The van der Waals surface area contributed by atoms with Gasteiger partial charge in [0.1, 0.15) is 5.75 Å². The Morgan fingerprint density at radius 1 is 1.10 bits per heavy atom. The molecule has 1 amide bonds. The second-order valence-electron chi connectivity index (χ2n) is 9.52. The van der Waals surface area contributed by atoms with Gasteiger partial charge in [0.2, 0.25) is 0 Å². The fraction of sp³-hybridized carbons (Fsp3) is 0.241. The molecule has 12 heteroatoms. The molecule has 0 aromatic heterocycles. The number of nitrogens with one attached hydrogen (secondary N) is 1. The number of halogens is 1. The van der Waals surface area contributed by atoms with Crippen molar-refractivity contribution in [3.63, 3.8) is 0 Å². The predicted octanol–water partition coefficient (Wildman–Crippen LogP) is 4.15. The van der Waals surface area contributed by atoms with Crippen LogP contribution in [0.1, 0.15) is 46.5 Å². The Morgan fingerprint density at radius 2 is 1.83 bits per heavy atom. The number of hydrogen-bond donors (Lipinski definition) is 1. The molecule has 0 unspecified atom stereocenters. The molecule has 3 rings (SSSR count). The molecule has 0 atom stereocenters. The van der Waals surface area contributed by atoms with Gasteiger partial charge in [0.05, 0.1) is 22.1 Å². The maximum absolute atomic E-state index is 13.2. The summed E-state index contributed by atoms with van der Waals surface area (Å²) in [5, 5.41) is 23.9. The van der Waals surface area contributed by atoms with E-state index in [0.717, 1.165) is 5.56 Å². The lowest BCUT2D eigenvalue weighted by Crippen LogP contribution is -2.25. The minimum absolute atomic E-state index is 0.0171. The highest BCUT2D eigenvalue weighted by atomic mass is 35.5. The summed E-state index contributed by atoms with van der Waals surface area (Å²) in [4.78, 5) is 25.6. The Bertz CT molecular complexity index is 1660. The van der Waals surface area contributed by atoms with Crippen molar-refractivity contribution >= 4 is 45.1 Å². The summed E-state index contributed by atoms with van der Waals surface area (Å²) in [5.41, 5.74) is 2.12. The van der Waals surface area contributed by atoms with E-state index in [9.17, 15) is 28.4 Å². The molecule has 0 bridgehead atoms. The number of nitriles is 1. The van der Waals surface area contributed by atoms with Gasteiger partial charge in [-0.1, -0.05) is 25.4 Å². The van der Waals surface area contributed by atoms with Crippen molar-refractivity contribution in [2.24, 2.45) is 10.3 Å². The van der Waals surface area contributed by atoms with Crippen molar-refractivity contribution in [3.8, 4) is 11.8 Å². The molecule has 0 aliphatic carbocycles. The second kappa shape index (κ2) is 13.3. The molecule has 3 aromatic carbocycles. The number of anilines is 1. The SMILES string of the molecule is Cc1cc(C#N)cc(C(=O)c2cc(Cl)ccc2OCC(=O)Nc2ccc(S(=O)(=O)/N=C(\[O-])OCC(C)C)cc2C)c1. The van der Waals surface area contributed by atoms with Gasteiger partial charge in [0.15, 0.2) is 18.5 Å². The standard InChI is InChI=1S/C29H28ClN3O7S/c1-17(2)15-40-29(36)33-41(37,38)23-6-7-25(19(4)11-23)32-27(34)16-39-26-8-5-22(30)13-24(26)28(35)21-10-18(3)9-20(12-21)14-31/h5-13,17H,15-16H2,1-4H3,(H,32,34)(H,33,36)/p-1. The summed E-state index contributed by atoms with van der Waals surface area (Å²) in [6.07, 6.45) is -1.21. The zero-order valence-electron chi connectivity index (χ0n) is 22.7. The van der Waals surface area contributed by atoms with E-state index in [1.165, 1.54) is 42.5 Å². The number of ketones is 1. The molecule has 41 heavy (non-hydrogen) atoms. The van der Waals surface area contributed by atoms with E-state index in [1.54, 1.807) is 39.8 Å². The quantitative estimate of drug-likeness (QED) is 0.208. The first kappa shape index (κ1) is 31.1. The maximum Gasteiger partial charge on any atom is 0.284 e. The third kappa shape index (κ3) is 8.54. The molecule has 0 saturated heterocycles. The minimum Gasteiger partial charge on any atom is -0.599 e. The van der Waals surface area contributed by atoms with Crippen molar-refractivity contribution in [3.05, 3.63) is 87.4 Å². The number of sulfonamides is 1. The predicted molar refractivity (Wildman–Crippen MR) is 151 cm³/mol. The lowest BCUT2D eigenvalue weighted by atomic mass is 9.98. The normalized spacial score (nSPS) is 11.6. The van der Waals surface area contributed by atoms with E-state index >= 15 is 0 Å². The van der Waals surface area contributed by atoms with Crippen LogP contribution in [-0.2, 0) is 19.6 Å². The first-order valence-corrected chi connectivity index (χ1v) is 14.1. The van der Waals surface area contributed by atoms with E-state index < -0.39 is 34.4 Å². The highest BCUT2D eigenvalue weighted by Crippen LogP contribution is 2.27. The molecule has 0 saturated carbocycles. The van der Waals surface area contributed by atoms with Gasteiger partial charge >= 0.3 is 0 Å². The summed E-state index contributed by atoms with van der Waals surface area (Å²) in [6, 6.07) is 15.0. The van der Waals surface area contributed by atoms with Crippen LogP contribution in [0, 0.1) is 31.1 Å². The number of aryl methyl sites for hydroxylation is 2. The summed E-state index contributed by atoms with van der Waals surface area (Å²) >= 11 is 6.11. The van der Waals surface area contributed by atoms with Gasteiger partial charge in [-0.15, -0.1) is 4.40 Å². The largest absolute Gasteiger partial charge is 0.599 e. The molecule has 1 N–H and O–H groups in total. The van der Waals surface area contributed by atoms with Crippen LogP contribution >= 0.6 is 11.6 Å². The van der Waals surface area contributed by atoms with Crippen LogP contribution in [0.4, 0.5) is 5.69 Å². The summed E-state index contributed by atoms with van der Waals surface area (Å²) in [7, 11) is -4.32. The molecule has 0 heterocycles.